The van der Waals surface area contributed by atoms with Crippen LogP contribution >= 0.6 is 11.3 Å². The van der Waals surface area contributed by atoms with Crippen molar-refractivity contribution < 1.29 is 5.11 Å². The van der Waals surface area contributed by atoms with Crippen molar-refractivity contribution in [3.63, 3.8) is 0 Å². The van der Waals surface area contributed by atoms with Gasteiger partial charge in [0.1, 0.15) is 5.01 Å². The summed E-state index contributed by atoms with van der Waals surface area (Å²) in [6.07, 6.45) is 2.17. The zero-order chi connectivity index (χ0) is 9.26. The zero-order valence-corrected chi connectivity index (χ0v) is 8.34. The quantitative estimate of drug-likeness (QED) is 0.765. The van der Waals surface area contributed by atoms with Gasteiger partial charge in [-0.05, 0) is 19.8 Å². The molecule has 1 unspecified atom stereocenters. The molecular weight excluding hydrogens is 186 g/mol. The highest BCUT2D eigenvalue weighted by Crippen LogP contribution is 2.41. The minimum Gasteiger partial charge on any atom is -0.392 e. The molecule has 5 heteroatoms. The summed E-state index contributed by atoms with van der Waals surface area (Å²) in [5.41, 5.74) is 0. The van der Waals surface area contributed by atoms with E-state index in [9.17, 15) is 0 Å². The van der Waals surface area contributed by atoms with Crippen molar-refractivity contribution in [1.29, 1.82) is 0 Å². The van der Waals surface area contributed by atoms with Crippen molar-refractivity contribution >= 4 is 16.5 Å². The molecule has 0 bridgehead atoms. The lowest BCUT2D eigenvalue weighted by molar-refractivity contribution is 0.208. The van der Waals surface area contributed by atoms with E-state index in [1.54, 1.807) is 18.3 Å². The Bertz CT molecular complexity index is 283. The Morgan fingerprint density at radius 2 is 2.38 bits per heavy atom. The monoisotopic (exact) mass is 199 g/mol. The molecule has 1 saturated carbocycles. The van der Waals surface area contributed by atoms with Gasteiger partial charge in [0, 0.05) is 12.5 Å². The normalized spacial score (nSPS) is 18.6. The number of aliphatic hydroxyl groups excluding tert-OH is 1. The first-order chi connectivity index (χ1) is 6.25. The molecule has 1 aliphatic rings. The molecule has 0 spiro atoms. The molecule has 13 heavy (non-hydrogen) atoms. The van der Waals surface area contributed by atoms with E-state index in [1.807, 2.05) is 0 Å². The summed E-state index contributed by atoms with van der Waals surface area (Å²) in [5, 5.41) is 22.1. The largest absolute Gasteiger partial charge is 0.392 e. The lowest BCUT2D eigenvalue weighted by atomic mass is 10.4. The van der Waals surface area contributed by atoms with Crippen LogP contribution in [0.15, 0.2) is 0 Å². The van der Waals surface area contributed by atoms with Gasteiger partial charge in [-0.25, -0.2) is 0 Å². The molecule has 0 aliphatic heterocycles. The van der Waals surface area contributed by atoms with Crippen molar-refractivity contribution in [3.05, 3.63) is 5.01 Å². The van der Waals surface area contributed by atoms with Gasteiger partial charge in [0.15, 0.2) is 0 Å². The highest BCUT2D eigenvalue weighted by atomic mass is 32.1. The predicted octanol–water partition coefficient (Wildman–Crippen LogP) is 1.21. The summed E-state index contributed by atoms with van der Waals surface area (Å²) < 4.78 is 0. The second kappa shape index (κ2) is 3.59. The predicted molar refractivity (Wildman–Crippen MR) is 52.1 cm³/mol. The third-order valence-corrected chi connectivity index (χ3v) is 2.96. The van der Waals surface area contributed by atoms with Crippen LogP contribution in [-0.4, -0.2) is 28.0 Å². The third-order valence-electron chi connectivity index (χ3n) is 1.92. The lowest BCUT2D eigenvalue weighted by Gasteiger charge is -2.02. The molecular formula is C8H13N3OS. The highest BCUT2D eigenvalue weighted by molar-refractivity contribution is 7.15. The van der Waals surface area contributed by atoms with E-state index in [4.69, 9.17) is 5.11 Å². The van der Waals surface area contributed by atoms with Crippen molar-refractivity contribution in [2.75, 3.05) is 11.9 Å². The molecule has 1 fully saturated rings. The molecule has 2 rings (SSSR count). The van der Waals surface area contributed by atoms with Gasteiger partial charge in [-0.3, -0.25) is 0 Å². The number of hydrogen-bond donors (Lipinski definition) is 2. The van der Waals surface area contributed by atoms with Crippen LogP contribution in [0.4, 0.5) is 5.13 Å². The number of anilines is 1. The second-order valence-corrected chi connectivity index (χ2v) is 4.46. The number of aromatic nitrogens is 2. The van der Waals surface area contributed by atoms with Gasteiger partial charge in [-0.1, -0.05) is 11.3 Å². The second-order valence-electron chi connectivity index (χ2n) is 3.45. The van der Waals surface area contributed by atoms with Gasteiger partial charge in [0.25, 0.3) is 0 Å². The van der Waals surface area contributed by atoms with Crippen LogP contribution in [0.1, 0.15) is 30.7 Å². The Kier molecular flexibility index (Phi) is 2.46. The summed E-state index contributed by atoms with van der Waals surface area (Å²) in [7, 11) is 0. The smallest absolute Gasteiger partial charge is 0.205 e. The van der Waals surface area contributed by atoms with Crippen molar-refractivity contribution in [2.24, 2.45) is 0 Å². The number of hydrogen-bond acceptors (Lipinski definition) is 5. The van der Waals surface area contributed by atoms with Crippen LogP contribution in [0.3, 0.4) is 0 Å². The molecule has 4 nitrogen and oxygen atoms in total. The van der Waals surface area contributed by atoms with Gasteiger partial charge >= 0.3 is 0 Å². The first-order valence-electron chi connectivity index (χ1n) is 4.51. The molecule has 0 amide bonds. The van der Waals surface area contributed by atoms with Crippen LogP contribution in [0, 0.1) is 0 Å². The average Bonchev–Trinajstić information content (AvgIpc) is 2.83. The maximum atomic E-state index is 9.04. The Labute approximate surface area is 81.0 Å². The molecule has 0 saturated heterocycles. The Hall–Kier alpha value is -0.680. The van der Waals surface area contributed by atoms with Crippen LogP contribution in [0.5, 0.6) is 0 Å². The molecule has 1 aromatic rings. The van der Waals surface area contributed by atoms with Crippen molar-refractivity contribution in [2.45, 2.75) is 31.8 Å². The third kappa shape index (κ3) is 2.38. The summed E-state index contributed by atoms with van der Waals surface area (Å²) >= 11 is 1.60. The standard InChI is InChI=1S/C8H13N3OS/c1-5(12)4-9-8-11-10-7(13-8)6-2-3-6/h5-6,12H,2-4H2,1H3,(H,9,11). The van der Waals surface area contributed by atoms with Crippen LogP contribution in [0.2, 0.25) is 0 Å². The summed E-state index contributed by atoms with van der Waals surface area (Å²) in [4.78, 5) is 0. The number of rotatable bonds is 4. The number of nitrogens with one attached hydrogen (secondary N) is 1. The van der Waals surface area contributed by atoms with Crippen LogP contribution < -0.4 is 5.32 Å². The SMILES string of the molecule is CC(O)CNc1nnc(C2CC2)s1. The van der Waals surface area contributed by atoms with E-state index in [1.165, 1.54) is 12.8 Å². The summed E-state index contributed by atoms with van der Waals surface area (Å²) in [6, 6.07) is 0. The molecule has 1 heterocycles. The van der Waals surface area contributed by atoms with Gasteiger partial charge in [-0.15, -0.1) is 10.2 Å². The van der Waals surface area contributed by atoms with Gasteiger partial charge in [-0.2, -0.15) is 0 Å². The Morgan fingerprint density at radius 3 is 3.00 bits per heavy atom. The van der Waals surface area contributed by atoms with E-state index in [2.05, 4.69) is 15.5 Å². The molecule has 0 aromatic carbocycles. The Balaban J connectivity index is 1.89. The zero-order valence-electron chi connectivity index (χ0n) is 7.53. The fourth-order valence-electron chi connectivity index (χ4n) is 1.04. The van der Waals surface area contributed by atoms with E-state index in [-0.39, 0.29) is 6.10 Å². The summed E-state index contributed by atoms with van der Waals surface area (Å²) in [5.74, 6) is 0.666. The van der Waals surface area contributed by atoms with E-state index in [0.29, 0.717) is 12.5 Å². The maximum absolute atomic E-state index is 9.04. The minimum absolute atomic E-state index is 0.340. The van der Waals surface area contributed by atoms with E-state index >= 15 is 0 Å². The van der Waals surface area contributed by atoms with Crippen molar-refractivity contribution in [1.82, 2.24) is 10.2 Å². The number of aliphatic hydroxyl groups is 1. The molecule has 1 aliphatic carbocycles. The van der Waals surface area contributed by atoms with Gasteiger partial charge in [0.2, 0.25) is 5.13 Å². The van der Waals surface area contributed by atoms with Crippen LogP contribution in [0.25, 0.3) is 0 Å². The lowest BCUT2D eigenvalue weighted by Crippen LogP contribution is -2.14. The molecule has 1 aromatic heterocycles. The maximum Gasteiger partial charge on any atom is 0.205 e. The summed E-state index contributed by atoms with van der Waals surface area (Å²) in [6.45, 7) is 2.29. The first-order valence-corrected chi connectivity index (χ1v) is 5.32. The molecule has 72 valence electrons. The molecule has 0 radical (unpaired) electrons. The van der Waals surface area contributed by atoms with Gasteiger partial charge in [0.05, 0.1) is 6.10 Å². The van der Waals surface area contributed by atoms with Crippen molar-refractivity contribution in [3.8, 4) is 0 Å². The Morgan fingerprint density at radius 1 is 1.62 bits per heavy atom. The topological polar surface area (TPSA) is 58.0 Å². The fourth-order valence-corrected chi connectivity index (χ4v) is 1.96. The van der Waals surface area contributed by atoms with Gasteiger partial charge < -0.3 is 10.4 Å². The van der Waals surface area contributed by atoms with Crippen LogP contribution in [-0.2, 0) is 0 Å². The average molecular weight is 199 g/mol. The number of nitrogens with zero attached hydrogens (tertiary/aromatic N) is 2. The molecule has 2 N–H and O–H groups in total. The van der Waals surface area contributed by atoms with E-state index < -0.39 is 0 Å². The minimum atomic E-state index is -0.340. The highest BCUT2D eigenvalue weighted by Gasteiger charge is 2.27. The molecule has 1 atom stereocenters. The first kappa shape index (κ1) is 8.90. The fraction of sp³-hybridized carbons (Fsp3) is 0.750. The van der Waals surface area contributed by atoms with E-state index in [0.717, 1.165) is 10.1 Å².